The average Bonchev–Trinajstić information content (AvgIpc) is 2.88. The molecule has 1 unspecified atom stereocenters. The number of hydrogen-bond acceptors (Lipinski definition) is 3. The Morgan fingerprint density at radius 3 is 2.65 bits per heavy atom. The summed E-state index contributed by atoms with van der Waals surface area (Å²) in [5.74, 6) is 1.62. The SMILES string of the molecule is CCNC(=NCc1ccco1)NCC(OC)C(C)(C)C. The lowest BCUT2D eigenvalue weighted by molar-refractivity contribution is 0.0205. The van der Waals surface area contributed by atoms with Gasteiger partial charge in [-0.3, -0.25) is 0 Å². The third kappa shape index (κ3) is 5.65. The molecule has 0 aliphatic carbocycles. The quantitative estimate of drug-likeness (QED) is 0.621. The molecule has 0 fully saturated rings. The van der Waals surface area contributed by atoms with E-state index in [2.05, 4.69) is 36.4 Å². The van der Waals surface area contributed by atoms with Gasteiger partial charge in [-0.05, 0) is 24.5 Å². The van der Waals surface area contributed by atoms with Crippen molar-refractivity contribution in [2.45, 2.75) is 40.3 Å². The first-order chi connectivity index (χ1) is 9.47. The lowest BCUT2D eigenvalue weighted by Crippen LogP contribution is -2.45. The van der Waals surface area contributed by atoms with Crippen molar-refractivity contribution in [1.82, 2.24) is 10.6 Å². The Balaban J connectivity index is 2.56. The standard InChI is InChI=1S/C15H27N3O2/c1-6-16-14(17-10-12-8-7-9-20-12)18-11-13(19-5)15(2,3)4/h7-9,13H,6,10-11H2,1-5H3,(H2,16,17,18). The molecule has 0 radical (unpaired) electrons. The summed E-state index contributed by atoms with van der Waals surface area (Å²) in [6, 6.07) is 3.78. The van der Waals surface area contributed by atoms with Crippen LogP contribution in [-0.2, 0) is 11.3 Å². The maximum absolute atomic E-state index is 5.53. The van der Waals surface area contributed by atoms with Gasteiger partial charge in [-0.1, -0.05) is 20.8 Å². The highest BCUT2D eigenvalue weighted by Gasteiger charge is 2.24. The van der Waals surface area contributed by atoms with Gasteiger partial charge in [-0.25, -0.2) is 4.99 Å². The highest BCUT2D eigenvalue weighted by Crippen LogP contribution is 2.20. The van der Waals surface area contributed by atoms with E-state index in [0.29, 0.717) is 13.1 Å². The molecule has 1 rings (SSSR count). The van der Waals surface area contributed by atoms with Crippen molar-refractivity contribution in [2.24, 2.45) is 10.4 Å². The van der Waals surface area contributed by atoms with E-state index in [4.69, 9.17) is 9.15 Å². The highest BCUT2D eigenvalue weighted by atomic mass is 16.5. The zero-order chi connectivity index (χ0) is 15.0. The molecule has 1 heterocycles. The molecular weight excluding hydrogens is 254 g/mol. The molecule has 0 saturated heterocycles. The largest absolute Gasteiger partial charge is 0.467 e. The van der Waals surface area contributed by atoms with E-state index >= 15 is 0 Å². The lowest BCUT2D eigenvalue weighted by atomic mass is 9.89. The highest BCUT2D eigenvalue weighted by molar-refractivity contribution is 5.79. The molecule has 0 saturated carbocycles. The summed E-state index contributed by atoms with van der Waals surface area (Å²) in [5, 5.41) is 6.53. The van der Waals surface area contributed by atoms with Crippen molar-refractivity contribution in [3.05, 3.63) is 24.2 Å². The third-order valence-corrected chi connectivity index (χ3v) is 3.02. The minimum Gasteiger partial charge on any atom is -0.467 e. The maximum Gasteiger partial charge on any atom is 0.191 e. The first-order valence-corrected chi connectivity index (χ1v) is 7.04. The number of hydrogen-bond donors (Lipinski definition) is 2. The summed E-state index contributed by atoms with van der Waals surface area (Å²) < 4.78 is 10.8. The number of nitrogens with zero attached hydrogens (tertiary/aromatic N) is 1. The van der Waals surface area contributed by atoms with E-state index in [-0.39, 0.29) is 11.5 Å². The van der Waals surface area contributed by atoms with Crippen LogP contribution in [0.5, 0.6) is 0 Å². The molecule has 0 bridgehead atoms. The van der Waals surface area contributed by atoms with Gasteiger partial charge in [0.15, 0.2) is 5.96 Å². The van der Waals surface area contributed by atoms with Gasteiger partial charge in [0.1, 0.15) is 12.3 Å². The van der Waals surface area contributed by atoms with Crippen molar-refractivity contribution >= 4 is 5.96 Å². The van der Waals surface area contributed by atoms with Crippen LogP contribution < -0.4 is 10.6 Å². The van der Waals surface area contributed by atoms with Crippen LogP contribution in [0.15, 0.2) is 27.8 Å². The van der Waals surface area contributed by atoms with Gasteiger partial charge < -0.3 is 19.8 Å². The number of guanidine groups is 1. The number of nitrogens with one attached hydrogen (secondary N) is 2. The number of furan rings is 1. The molecule has 0 aromatic carbocycles. The Bertz CT molecular complexity index is 394. The van der Waals surface area contributed by atoms with Gasteiger partial charge in [0.05, 0.1) is 12.4 Å². The second-order valence-electron chi connectivity index (χ2n) is 5.75. The summed E-state index contributed by atoms with van der Waals surface area (Å²) in [4.78, 5) is 4.49. The van der Waals surface area contributed by atoms with Crippen molar-refractivity contribution in [3.63, 3.8) is 0 Å². The first-order valence-electron chi connectivity index (χ1n) is 7.04. The number of rotatable bonds is 6. The van der Waals surface area contributed by atoms with Gasteiger partial charge in [-0.15, -0.1) is 0 Å². The summed E-state index contributed by atoms with van der Waals surface area (Å²) in [6.45, 7) is 10.6. The smallest absolute Gasteiger partial charge is 0.191 e. The lowest BCUT2D eigenvalue weighted by Gasteiger charge is -2.30. The van der Waals surface area contributed by atoms with Crippen LogP contribution in [0.3, 0.4) is 0 Å². The molecule has 1 atom stereocenters. The number of aliphatic imine (C=N–C) groups is 1. The van der Waals surface area contributed by atoms with Gasteiger partial charge in [-0.2, -0.15) is 0 Å². The zero-order valence-electron chi connectivity index (χ0n) is 13.2. The van der Waals surface area contributed by atoms with Crippen LogP contribution in [0, 0.1) is 5.41 Å². The topological polar surface area (TPSA) is 58.8 Å². The van der Waals surface area contributed by atoms with E-state index in [0.717, 1.165) is 18.3 Å². The molecular formula is C15H27N3O2. The van der Waals surface area contributed by atoms with Crippen LogP contribution in [0.25, 0.3) is 0 Å². The second kappa shape index (κ2) is 7.94. The van der Waals surface area contributed by atoms with Crippen molar-refractivity contribution in [3.8, 4) is 0 Å². The minimum absolute atomic E-state index is 0.0834. The normalized spacial score (nSPS) is 14.2. The van der Waals surface area contributed by atoms with Crippen LogP contribution in [0.4, 0.5) is 0 Å². The summed E-state index contributed by atoms with van der Waals surface area (Å²) in [5.41, 5.74) is 0.0834. The summed E-state index contributed by atoms with van der Waals surface area (Å²) in [7, 11) is 1.74. The minimum atomic E-state index is 0.0834. The van der Waals surface area contributed by atoms with Gasteiger partial charge >= 0.3 is 0 Å². The molecule has 1 aromatic rings. The monoisotopic (exact) mass is 281 g/mol. The van der Waals surface area contributed by atoms with Crippen LogP contribution in [0.2, 0.25) is 0 Å². The molecule has 0 aliphatic heterocycles. The number of ether oxygens (including phenoxy) is 1. The third-order valence-electron chi connectivity index (χ3n) is 3.02. The summed E-state index contributed by atoms with van der Waals surface area (Å²) >= 11 is 0. The Morgan fingerprint density at radius 2 is 2.15 bits per heavy atom. The average molecular weight is 281 g/mol. The molecule has 0 aliphatic rings. The van der Waals surface area contributed by atoms with Crippen molar-refractivity contribution in [1.29, 1.82) is 0 Å². The fourth-order valence-electron chi connectivity index (χ4n) is 1.83. The second-order valence-corrected chi connectivity index (χ2v) is 5.75. The van der Waals surface area contributed by atoms with E-state index in [1.807, 2.05) is 19.1 Å². The van der Waals surface area contributed by atoms with E-state index < -0.39 is 0 Å². The molecule has 5 nitrogen and oxygen atoms in total. The zero-order valence-corrected chi connectivity index (χ0v) is 13.2. The van der Waals surface area contributed by atoms with Crippen molar-refractivity contribution < 1.29 is 9.15 Å². The molecule has 5 heteroatoms. The molecule has 2 N–H and O–H groups in total. The maximum atomic E-state index is 5.53. The van der Waals surface area contributed by atoms with E-state index in [1.165, 1.54) is 0 Å². The Kier molecular flexibility index (Phi) is 6.58. The molecule has 0 amide bonds. The Labute approximate surface area is 121 Å². The van der Waals surface area contributed by atoms with Crippen LogP contribution in [-0.4, -0.2) is 32.3 Å². The fourth-order valence-corrected chi connectivity index (χ4v) is 1.83. The van der Waals surface area contributed by atoms with Crippen LogP contribution in [0.1, 0.15) is 33.5 Å². The molecule has 114 valence electrons. The van der Waals surface area contributed by atoms with Gasteiger partial charge in [0.2, 0.25) is 0 Å². The van der Waals surface area contributed by atoms with E-state index in [1.54, 1.807) is 13.4 Å². The molecule has 1 aromatic heterocycles. The number of methoxy groups -OCH3 is 1. The first kappa shape index (κ1) is 16.6. The van der Waals surface area contributed by atoms with Gasteiger partial charge in [0.25, 0.3) is 0 Å². The predicted molar refractivity (Wildman–Crippen MR) is 81.8 cm³/mol. The van der Waals surface area contributed by atoms with Crippen molar-refractivity contribution in [2.75, 3.05) is 20.2 Å². The predicted octanol–water partition coefficient (Wildman–Crippen LogP) is 2.40. The molecule has 20 heavy (non-hydrogen) atoms. The fraction of sp³-hybridized carbons (Fsp3) is 0.667. The van der Waals surface area contributed by atoms with Gasteiger partial charge in [0, 0.05) is 20.2 Å². The van der Waals surface area contributed by atoms with Crippen LogP contribution >= 0.6 is 0 Å². The Morgan fingerprint density at radius 1 is 1.40 bits per heavy atom. The summed E-state index contributed by atoms with van der Waals surface area (Å²) in [6.07, 6.45) is 1.78. The Hall–Kier alpha value is -1.49. The molecule has 0 spiro atoms. The van der Waals surface area contributed by atoms with E-state index in [9.17, 15) is 0 Å².